The summed E-state index contributed by atoms with van der Waals surface area (Å²) in [5.41, 5.74) is 2.50. The minimum atomic E-state index is -0.343. The van der Waals surface area contributed by atoms with Crippen molar-refractivity contribution in [3.63, 3.8) is 0 Å². The van der Waals surface area contributed by atoms with Crippen LogP contribution in [-0.4, -0.2) is 41.7 Å². The van der Waals surface area contributed by atoms with Gasteiger partial charge in [-0.25, -0.2) is 9.37 Å². The number of pyridine rings is 2. The van der Waals surface area contributed by atoms with Crippen LogP contribution in [0.2, 0.25) is 0 Å². The first-order chi connectivity index (χ1) is 14.0. The maximum Gasteiger partial charge on any atom is 0.253 e. The van der Waals surface area contributed by atoms with E-state index in [1.165, 1.54) is 12.1 Å². The Balaban J connectivity index is 1.42. The molecule has 0 aliphatic carbocycles. The van der Waals surface area contributed by atoms with Crippen LogP contribution in [0.15, 0.2) is 42.6 Å². The van der Waals surface area contributed by atoms with Gasteiger partial charge < -0.3 is 15.0 Å². The molecule has 6 nitrogen and oxygen atoms in total. The molecule has 1 aliphatic rings. The Kier molecular flexibility index (Phi) is 5.40. The van der Waals surface area contributed by atoms with Crippen molar-refractivity contribution in [1.82, 2.24) is 15.3 Å². The van der Waals surface area contributed by atoms with E-state index >= 15 is 0 Å². The molecule has 0 saturated carbocycles. The number of hydrogen-bond acceptors (Lipinski definition) is 5. The van der Waals surface area contributed by atoms with Gasteiger partial charge in [-0.2, -0.15) is 0 Å². The van der Waals surface area contributed by atoms with Crippen LogP contribution >= 0.6 is 0 Å². The summed E-state index contributed by atoms with van der Waals surface area (Å²) in [7, 11) is 0. The maximum atomic E-state index is 13.4. The van der Waals surface area contributed by atoms with Crippen molar-refractivity contribution in [2.24, 2.45) is 0 Å². The number of amides is 1. The molecular formula is C22H23FN4O2. The second kappa shape index (κ2) is 8.13. The van der Waals surface area contributed by atoms with Crippen molar-refractivity contribution in [1.29, 1.82) is 0 Å². The minimum Gasteiger partial charge on any atom is -0.375 e. The molecule has 3 aromatic rings. The molecule has 3 heterocycles. The number of nitrogens with one attached hydrogen (secondary N) is 1. The monoisotopic (exact) mass is 394 g/mol. The largest absolute Gasteiger partial charge is 0.375 e. The molecule has 1 saturated heterocycles. The predicted octanol–water partition coefficient (Wildman–Crippen LogP) is 3.23. The fourth-order valence-corrected chi connectivity index (χ4v) is 3.48. The molecule has 0 unspecified atom stereocenters. The fraction of sp³-hybridized carbons (Fsp3) is 0.318. The predicted molar refractivity (Wildman–Crippen MR) is 109 cm³/mol. The number of rotatable bonds is 4. The zero-order chi connectivity index (χ0) is 20.4. The summed E-state index contributed by atoms with van der Waals surface area (Å²) in [5, 5.41) is 3.64. The standard InChI is InChI=1S/C22H23FN4O2/c1-14-13-27(7-8-29-14)21-6-3-16(11-24-21)12-25-22(28)19-9-17-4-5-18(23)10-20(17)26-15(19)2/h3-6,9-11,14H,7-8,12-13H2,1-2H3,(H,25,28)/t14-/m1/s1. The van der Waals surface area contributed by atoms with Gasteiger partial charge in [0.05, 0.1) is 29.5 Å². The number of halogens is 1. The number of hydrogen-bond donors (Lipinski definition) is 1. The Morgan fingerprint density at radius 3 is 2.93 bits per heavy atom. The quantitative estimate of drug-likeness (QED) is 0.736. The van der Waals surface area contributed by atoms with E-state index < -0.39 is 0 Å². The van der Waals surface area contributed by atoms with Crippen molar-refractivity contribution < 1.29 is 13.9 Å². The van der Waals surface area contributed by atoms with Gasteiger partial charge in [-0.1, -0.05) is 6.07 Å². The Morgan fingerprint density at radius 2 is 2.17 bits per heavy atom. The average molecular weight is 394 g/mol. The van der Waals surface area contributed by atoms with Gasteiger partial charge in [0.15, 0.2) is 0 Å². The molecule has 1 fully saturated rings. The topological polar surface area (TPSA) is 67.4 Å². The molecule has 150 valence electrons. The molecule has 1 amide bonds. The number of nitrogens with zero attached hydrogens (tertiary/aromatic N) is 3. The van der Waals surface area contributed by atoms with Crippen LogP contribution in [0.3, 0.4) is 0 Å². The summed E-state index contributed by atoms with van der Waals surface area (Å²) in [6.07, 6.45) is 1.98. The number of carbonyl (C=O) groups excluding carboxylic acids is 1. The van der Waals surface area contributed by atoms with Crippen molar-refractivity contribution >= 4 is 22.6 Å². The molecule has 1 aliphatic heterocycles. The second-order valence-corrected chi connectivity index (χ2v) is 7.29. The Labute approximate surface area is 168 Å². The summed E-state index contributed by atoms with van der Waals surface area (Å²) in [5.74, 6) is 0.355. The second-order valence-electron chi connectivity index (χ2n) is 7.29. The molecule has 1 atom stereocenters. The van der Waals surface area contributed by atoms with E-state index in [0.717, 1.165) is 29.9 Å². The first-order valence-corrected chi connectivity index (χ1v) is 9.66. The zero-order valence-electron chi connectivity index (χ0n) is 16.5. The molecule has 7 heteroatoms. The molecule has 0 spiro atoms. The van der Waals surface area contributed by atoms with Crippen LogP contribution in [0.4, 0.5) is 10.2 Å². The van der Waals surface area contributed by atoms with Crippen LogP contribution < -0.4 is 10.2 Å². The number of morpholine rings is 1. The zero-order valence-corrected chi connectivity index (χ0v) is 16.5. The Morgan fingerprint density at radius 1 is 1.31 bits per heavy atom. The summed E-state index contributed by atoms with van der Waals surface area (Å²) in [6.45, 7) is 6.51. The van der Waals surface area contributed by atoms with Crippen molar-refractivity contribution in [2.75, 3.05) is 24.6 Å². The van der Waals surface area contributed by atoms with Crippen LogP contribution in [0.5, 0.6) is 0 Å². The number of benzene rings is 1. The van der Waals surface area contributed by atoms with Gasteiger partial charge in [-0.15, -0.1) is 0 Å². The maximum absolute atomic E-state index is 13.4. The highest BCUT2D eigenvalue weighted by molar-refractivity contribution is 5.98. The van der Waals surface area contributed by atoms with E-state index in [1.807, 2.05) is 12.1 Å². The lowest BCUT2D eigenvalue weighted by atomic mass is 10.1. The van der Waals surface area contributed by atoms with E-state index in [0.29, 0.717) is 29.9 Å². The number of fused-ring (bicyclic) bond motifs is 1. The van der Waals surface area contributed by atoms with E-state index in [9.17, 15) is 9.18 Å². The van der Waals surface area contributed by atoms with Crippen molar-refractivity contribution in [3.8, 4) is 0 Å². The summed E-state index contributed by atoms with van der Waals surface area (Å²) < 4.78 is 18.9. The van der Waals surface area contributed by atoms with Gasteiger partial charge in [-0.05, 0) is 43.7 Å². The number of carbonyl (C=O) groups is 1. The van der Waals surface area contributed by atoms with Crippen molar-refractivity contribution in [3.05, 3.63) is 65.2 Å². The van der Waals surface area contributed by atoms with Crippen LogP contribution in [-0.2, 0) is 11.3 Å². The Hall–Kier alpha value is -3.06. The summed E-state index contributed by atoms with van der Waals surface area (Å²) in [4.78, 5) is 23.7. The molecule has 0 bridgehead atoms. The van der Waals surface area contributed by atoms with Crippen LogP contribution in [0.1, 0.15) is 28.5 Å². The van der Waals surface area contributed by atoms with E-state index in [4.69, 9.17) is 4.74 Å². The van der Waals surface area contributed by atoms with E-state index in [-0.39, 0.29) is 17.8 Å². The molecule has 1 aromatic carbocycles. The fourth-order valence-electron chi connectivity index (χ4n) is 3.48. The Bertz CT molecular complexity index is 1040. The molecular weight excluding hydrogens is 371 g/mol. The number of aryl methyl sites for hydroxylation is 1. The number of anilines is 1. The molecule has 29 heavy (non-hydrogen) atoms. The molecule has 4 rings (SSSR count). The van der Waals surface area contributed by atoms with Gasteiger partial charge in [0.2, 0.25) is 0 Å². The highest BCUT2D eigenvalue weighted by Gasteiger charge is 2.18. The van der Waals surface area contributed by atoms with Gasteiger partial charge in [0.1, 0.15) is 11.6 Å². The lowest BCUT2D eigenvalue weighted by Crippen LogP contribution is -2.41. The van der Waals surface area contributed by atoms with Gasteiger partial charge >= 0.3 is 0 Å². The van der Waals surface area contributed by atoms with E-state index in [1.54, 1.807) is 25.3 Å². The third kappa shape index (κ3) is 4.35. The van der Waals surface area contributed by atoms with Gasteiger partial charge in [0, 0.05) is 37.3 Å². The summed E-state index contributed by atoms with van der Waals surface area (Å²) in [6, 6.07) is 10.0. The van der Waals surface area contributed by atoms with Gasteiger partial charge in [0.25, 0.3) is 5.91 Å². The third-order valence-corrected chi connectivity index (χ3v) is 5.04. The minimum absolute atomic E-state index is 0.194. The SMILES string of the molecule is Cc1nc2cc(F)ccc2cc1C(=O)NCc1ccc(N2CCO[C@H](C)C2)nc1. The average Bonchev–Trinajstić information content (AvgIpc) is 2.72. The highest BCUT2D eigenvalue weighted by Crippen LogP contribution is 2.18. The number of ether oxygens (including phenoxy) is 1. The number of aromatic nitrogens is 2. The first kappa shape index (κ1) is 19.3. The van der Waals surface area contributed by atoms with Crippen LogP contribution in [0.25, 0.3) is 10.9 Å². The molecule has 2 aromatic heterocycles. The smallest absolute Gasteiger partial charge is 0.253 e. The highest BCUT2D eigenvalue weighted by atomic mass is 19.1. The van der Waals surface area contributed by atoms with E-state index in [2.05, 4.69) is 27.1 Å². The molecule has 0 radical (unpaired) electrons. The summed E-state index contributed by atoms with van der Waals surface area (Å²) >= 11 is 0. The third-order valence-electron chi connectivity index (χ3n) is 5.04. The van der Waals surface area contributed by atoms with Crippen LogP contribution in [0, 0.1) is 12.7 Å². The van der Waals surface area contributed by atoms with Crippen molar-refractivity contribution in [2.45, 2.75) is 26.5 Å². The lowest BCUT2D eigenvalue weighted by molar-refractivity contribution is 0.0529. The normalized spacial score (nSPS) is 16.8. The van der Waals surface area contributed by atoms with Gasteiger partial charge in [-0.3, -0.25) is 9.78 Å². The first-order valence-electron chi connectivity index (χ1n) is 9.66. The molecule has 1 N–H and O–H groups in total. The lowest BCUT2D eigenvalue weighted by Gasteiger charge is -2.32.